The Balaban J connectivity index is 3.18. The van der Waals surface area contributed by atoms with E-state index in [0.29, 0.717) is 6.54 Å². The molecule has 0 aliphatic rings. The second-order valence-electron chi connectivity index (χ2n) is 4.40. The normalized spacial score (nSPS) is 13.9. The average Bonchev–Trinajstić information content (AvgIpc) is 2.36. The Morgan fingerprint density at radius 1 is 1.37 bits per heavy atom. The van der Waals surface area contributed by atoms with Gasteiger partial charge in [-0.3, -0.25) is 5.32 Å². The Morgan fingerprint density at radius 3 is 2.58 bits per heavy atom. The summed E-state index contributed by atoms with van der Waals surface area (Å²) < 4.78 is 31.8. The van der Waals surface area contributed by atoms with E-state index in [2.05, 4.69) is 5.32 Å². The van der Waals surface area contributed by atoms with Gasteiger partial charge in [-0.1, -0.05) is 13.0 Å². The number of carbonyl (C=O) groups excluding carboxylic acids is 1. The molecule has 0 saturated heterocycles. The molecule has 0 aliphatic carbocycles. The van der Waals surface area contributed by atoms with Gasteiger partial charge >= 0.3 is 5.97 Å². The summed E-state index contributed by atoms with van der Waals surface area (Å²) in [4.78, 5) is 12.1. The minimum absolute atomic E-state index is 0.0841. The number of esters is 1. The van der Waals surface area contributed by atoms with Crippen molar-refractivity contribution in [1.29, 1.82) is 0 Å². The Morgan fingerprint density at radius 2 is 2.05 bits per heavy atom. The first-order valence-electron chi connectivity index (χ1n) is 6.33. The molecule has 5 heteroatoms. The van der Waals surface area contributed by atoms with E-state index in [4.69, 9.17) is 4.74 Å². The van der Waals surface area contributed by atoms with Crippen LogP contribution in [0.5, 0.6) is 0 Å². The highest BCUT2D eigenvalue weighted by Crippen LogP contribution is 2.26. The van der Waals surface area contributed by atoms with E-state index in [9.17, 15) is 13.6 Å². The highest BCUT2D eigenvalue weighted by atomic mass is 19.1. The van der Waals surface area contributed by atoms with Crippen molar-refractivity contribution < 1.29 is 18.3 Å². The molecular formula is C14H19F2NO2. The third-order valence-electron chi connectivity index (χ3n) is 2.88. The number of hydrogen-bond donors (Lipinski definition) is 1. The van der Waals surface area contributed by atoms with Gasteiger partial charge in [0.05, 0.1) is 6.61 Å². The van der Waals surface area contributed by atoms with Gasteiger partial charge in [0.15, 0.2) is 0 Å². The summed E-state index contributed by atoms with van der Waals surface area (Å²) in [5.74, 6) is -2.02. The van der Waals surface area contributed by atoms with E-state index >= 15 is 0 Å². The summed E-state index contributed by atoms with van der Waals surface area (Å²) in [5.41, 5.74) is -1.23. The Labute approximate surface area is 112 Å². The third kappa shape index (κ3) is 3.50. The zero-order chi connectivity index (χ0) is 14.5. The van der Waals surface area contributed by atoms with Crippen molar-refractivity contribution in [3.8, 4) is 0 Å². The van der Waals surface area contributed by atoms with E-state index in [1.165, 1.54) is 13.0 Å². The van der Waals surface area contributed by atoms with Gasteiger partial charge in [0.1, 0.15) is 17.2 Å². The quantitative estimate of drug-likeness (QED) is 0.808. The molecule has 1 aromatic carbocycles. The van der Waals surface area contributed by atoms with Gasteiger partial charge in [-0.05, 0) is 32.9 Å². The van der Waals surface area contributed by atoms with Gasteiger partial charge in [-0.25, -0.2) is 13.6 Å². The molecule has 3 nitrogen and oxygen atoms in total. The number of halogens is 2. The van der Waals surface area contributed by atoms with Gasteiger partial charge in [0.2, 0.25) is 0 Å². The molecule has 0 aromatic heterocycles. The standard InChI is InChI=1S/C14H19F2NO2/c1-4-8-17-14(3,13(18)19-5-2)11-7-6-10(15)9-12(11)16/h6-7,9,17H,4-5,8H2,1-3H3. The lowest BCUT2D eigenvalue weighted by molar-refractivity contribution is -0.151. The Kier molecular flexibility index (Phi) is 5.42. The van der Waals surface area contributed by atoms with Crippen molar-refractivity contribution in [3.05, 3.63) is 35.4 Å². The molecule has 19 heavy (non-hydrogen) atoms. The van der Waals surface area contributed by atoms with Gasteiger partial charge in [-0.2, -0.15) is 0 Å². The molecule has 0 aliphatic heterocycles. The largest absolute Gasteiger partial charge is 0.464 e. The van der Waals surface area contributed by atoms with Crippen molar-refractivity contribution in [2.24, 2.45) is 0 Å². The van der Waals surface area contributed by atoms with Crippen molar-refractivity contribution in [1.82, 2.24) is 5.32 Å². The molecule has 0 fully saturated rings. The number of nitrogens with one attached hydrogen (secondary N) is 1. The molecule has 0 bridgehead atoms. The van der Waals surface area contributed by atoms with Crippen LogP contribution in [0.2, 0.25) is 0 Å². The maximum atomic E-state index is 13.9. The summed E-state index contributed by atoms with van der Waals surface area (Å²) in [6.07, 6.45) is 0.776. The molecule has 1 unspecified atom stereocenters. The number of hydrogen-bond acceptors (Lipinski definition) is 3. The van der Waals surface area contributed by atoms with Crippen LogP contribution in [0.4, 0.5) is 8.78 Å². The summed E-state index contributed by atoms with van der Waals surface area (Å²) in [5, 5.41) is 2.97. The fourth-order valence-electron chi connectivity index (χ4n) is 1.82. The van der Waals surface area contributed by atoms with Crippen molar-refractivity contribution in [2.45, 2.75) is 32.7 Å². The van der Waals surface area contributed by atoms with Gasteiger partial charge in [0, 0.05) is 11.6 Å². The highest BCUT2D eigenvalue weighted by molar-refractivity contribution is 5.82. The summed E-state index contributed by atoms with van der Waals surface area (Å²) >= 11 is 0. The molecule has 1 atom stereocenters. The van der Waals surface area contributed by atoms with Crippen molar-refractivity contribution in [3.63, 3.8) is 0 Å². The van der Waals surface area contributed by atoms with Crippen LogP contribution in [0.15, 0.2) is 18.2 Å². The highest BCUT2D eigenvalue weighted by Gasteiger charge is 2.38. The number of carbonyl (C=O) groups is 1. The molecule has 1 aromatic rings. The summed E-state index contributed by atoms with van der Waals surface area (Å²) in [7, 11) is 0. The number of benzene rings is 1. The first-order chi connectivity index (χ1) is 8.95. The van der Waals surface area contributed by atoms with Gasteiger partial charge < -0.3 is 4.74 Å². The zero-order valence-electron chi connectivity index (χ0n) is 11.4. The number of ether oxygens (including phenoxy) is 1. The molecule has 0 saturated carbocycles. The SMILES string of the molecule is CCCNC(C)(C(=O)OCC)c1ccc(F)cc1F. The van der Waals surface area contributed by atoms with Gasteiger partial charge in [0.25, 0.3) is 0 Å². The third-order valence-corrected chi connectivity index (χ3v) is 2.88. The Hall–Kier alpha value is -1.49. The van der Waals surface area contributed by atoms with Crippen LogP contribution in [0.25, 0.3) is 0 Å². The molecule has 1 N–H and O–H groups in total. The smallest absolute Gasteiger partial charge is 0.330 e. The van der Waals surface area contributed by atoms with E-state index < -0.39 is 23.1 Å². The van der Waals surface area contributed by atoms with Crippen LogP contribution in [0.3, 0.4) is 0 Å². The fraction of sp³-hybridized carbons (Fsp3) is 0.500. The van der Waals surface area contributed by atoms with E-state index in [1.54, 1.807) is 6.92 Å². The second kappa shape index (κ2) is 6.61. The van der Waals surface area contributed by atoms with Crippen LogP contribution in [-0.2, 0) is 15.1 Å². The monoisotopic (exact) mass is 271 g/mol. The average molecular weight is 271 g/mol. The fourth-order valence-corrected chi connectivity index (χ4v) is 1.82. The van der Waals surface area contributed by atoms with E-state index in [1.807, 2.05) is 6.92 Å². The minimum Gasteiger partial charge on any atom is -0.464 e. The molecule has 0 spiro atoms. The molecule has 0 amide bonds. The predicted molar refractivity (Wildman–Crippen MR) is 68.6 cm³/mol. The first-order valence-corrected chi connectivity index (χ1v) is 6.33. The van der Waals surface area contributed by atoms with Crippen molar-refractivity contribution in [2.75, 3.05) is 13.2 Å². The lowest BCUT2D eigenvalue weighted by Gasteiger charge is -2.29. The zero-order valence-corrected chi connectivity index (χ0v) is 11.4. The number of rotatable bonds is 6. The lowest BCUT2D eigenvalue weighted by Crippen LogP contribution is -2.48. The first kappa shape index (κ1) is 15.6. The van der Waals surface area contributed by atoms with E-state index in [-0.39, 0.29) is 12.2 Å². The lowest BCUT2D eigenvalue weighted by atomic mass is 9.91. The molecular weight excluding hydrogens is 252 g/mol. The molecule has 0 heterocycles. The van der Waals surface area contributed by atoms with Crippen LogP contribution >= 0.6 is 0 Å². The van der Waals surface area contributed by atoms with Gasteiger partial charge in [-0.15, -0.1) is 0 Å². The van der Waals surface area contributed by atoms with Crippen molar-refractivity contribution >= 4 is 5.97 Å². The summed E-state index contributed by atoms with van der Waals surface area (Å²) in [6.45, 7) is 5.87. The Bertz CT molecular complexity index is 451. The van der Waals surface area contributed by atoms with Crippen LogP contribution in [-0.4, -0.2) is 19.1 Å². The molecule has 0 radical (unpaired) electrons. The maximum absolute atomic E-state index is 13.9. The maximum Gasteiger partial charge on any atom is 0.330 e. The predicted octanol–water partition coefficient (Wildman–Crippen LogP) is 2.74. The topological polar surface area (TPSA) is 38.3 Å². The minimum atomic E-state index is -1.32. The summed E-state index contributed by atoms with van der Waals surface area (Å²) in [6, 6.07) is 3.16. The second-order valence-corrected chi connectivity index (χ2v) is 4.40. The van der Waals surface area contributed by atoms with Crippen LogP contribution in [0.1, 0.15) is 32.8 Å². The van der Waals surface area contributed by atoms with E-state index in [0.717, 1.165) is 18.6 Å². The van der Waals surface area contributed by atoms with Crippen LogP contribution in [0, 0.1) is 11.6 Å². The van der Waals surface area contributed by atoms with Crippen LogP contribution < -0.4 is 5.32 Å². The molecule has 106 valence electrons. The molecule has 1 rings (SSSR count).